The van der Waals surface area contributed by atoms with Crippen molar-refractivity contribution in [2.75, 3.05) is 0 Å². The summed E-state index contributed by atoms with van der Waals surface area (Å²) >= 11 is 0. The van der Waals surface area contributed by atoms with E-state index in [1.807, 2.05) is 24.4 Å². The highest BCUT2D eigenvalue weighted by molar-refractivity contribution is 5.37. The van der Waals surface area contributed by atoms with Crippen molar-refractivity contribution in [1.29, 1.82) is 0 Å². The Hall–Kier alpha value is -1.56. The van der Waals surface area contributed by atoms with Crippen LogP contribution in [0.5, 0.6) is 0 Å². The highest BCUT2D eigenvalue weighted by Gasteiger charge is 2.20. The Morgan fingerprint density at radius 1 is 1.24 bits per heavy atom. The Kier molecular flexibility index (Phi) is 3.33. The van der Waals surface area contributed by atoms with Crippen LogP contribution in [0.3, 0.4) is 0 Å². The summed E-state index contributed by atoms with van der Waals surface area (Å²) in [7, 11) is 0. The van der Waals surface area contributed by atoms with Crippen LogP contribution in [0.2, 0.25) is 0 Å². The van der Waals surface area contributed by atoms with Crippen LogP contribution in [0.15, 0.2) is 24.4 Å². The van der Waals surface area contributed by atoms with Crippen LogP contribution in [0, 0.1) is 0 Å². The molecule has 0 aromatic carbocycles. The van der Waals surface area contributed by atoms with Crippen molar-refractivity contribution in [2.24, 2.45) is 0 Å². The quantitative estimate of drug-likeness (QED) is 0.889. The Morgan fingerprint density at radius 2 is 2.00 bits per heavy atom. The second-order valence-corrected chi connectivity index (χ2v) is 4.00. The molecule has 0 saturated carbocycles. The zero-order valence-electron chi connectivity index (χ0n) is 9.64. The van der Waals surface area contributed by atoms with Gasteiger partial charge in [-0.2, -0.15) is 0 Å². The smallest absolute Gasteiger partial charge is 0.253 e. The summed E-state index contributed by atoms with van der Waals surface area (Å²) in [6, 6.07) is 4.37. The molecule has 0 spiro atoms. The molecule has 0 aliphatic rings. The Morgan fingerprint density at radius 3 is 2.71 bits per heavy atom. The van der Waals surface area contributed by atoms with Gasteiger partial charge in [0.05, 0.1) is 12.1 Å². The molecule has 2 rings (SSSR count). The van der Waals surface area contributed by atoms with Gasteiger partial charge in [-0.3, -0.25) is 9.72 Å². The van der Waals surface area contributed by atoms with Gasteiger partial charge in [0.1, 0.15) is 0 Å². The number of halogens is 2. The maximum absolute atomic E-state index is 12.4. The highest BCUT2D eigenvalue weighted by Crippen LogP contribution is 2.13. The number of alkyl halides is 2. The molecule has 0 radical (unpaired) electrons. The van der Waals surface area contributed by atoms with Crippen LogP contribution in [0.25, 0.3) is 5.65 Å². The lowest BCUT2D eigenvalue weighted by atomic mass is 10.2. The van der Waals surface area contributed by atoms with Gasteiger partial charge in [0.15, 0.2) is 11.5 Å². The van der Waals surface area contributed by atoms with Gasteiger partial charge in [-0.25, -0.2) is 8.78 Å². The molecule has 0 aliphatic carbocycles. The number of hydrogen-bond acceptors (Lipinski definition) is 3. The number of aromatic nitrogens is 3. The average Bonchev–Trinajstić information content (AvgIpc) is 2.72. The van der Waals surface area contributed by atoms with Crippen LogP contribution in [0.1, 0.15) is 25.7 Å². The monoisotopic (exact) mass is 240 g/mol. The fraction of sp³-hybridized carbons (Fsp3) is 0.455. The molecule has 92 valence electrons. The molecule has 2 unspecified atom stereocenters. The minimum atomic E-state index is -2.39. The SMILES string of the molecule is CC(NC(C)C(F)F)c1nnc2ccccn12. The van der Waals surface area contributed by atoms with E-state index in [0.29, 0.717) is 11.5 Å². The lowest BCUT2D eigenvalue weighted by molar-refractivity contribution is 0.100. The molecule has 0 amide bonds. The van der Waals surface area contributed by atoms with Crippen molar-refractivity contribution < 1.29 is 8.78 Å². The first kappa shape index (κ1) is 11.9. The first-order chi connectivity index (χ1) is 8.09. The largest absolute Gasteiger partial charge is 0.300 e. The third-order valence-electron chi connectivity index (χ3n) is 2.62. The normalized spacial score (nSPS) is 15.4. The van der Waals surface area contributed by atoms with Crippen molar-refractivity contribution >= 4 is 5.65 Å². The lowest BCUT2D eigenvalue weighted by Crippen LogP contribution is -2.35. The number of rotatable bonds is 4. The van der Waals surface area contributed by atoms with Gasteiger partial charge in [-0.1, -0.05) is 6.07 Å². The zero-order chi connectivity index (χ0) is 12.4. The van der Waals surface area contributed by atoms with Gasteiger partial charge in [0.25, 0.3) is 6.43 Å². The summed E-state index contributed by atoms with van der Waals surface area (Å²) in [5.74, 6) is 0.633. The Labute approximate surface area is 97.7 Å². The molecular weight excluding hydrogens is 226 g/mol. The predicted octanol–water partition coefficient (Wildman–Crippen LogP) is 2.03. The van der Waals surface area contributed by atoms with Crippen molar-refractivity contribution in [3.63, 3.8) is 0 Å². The number of nitrogens with one attached hydrogen (secondary N) is 1. The van der Waals surface area contributed by atoms with E-state index in [1.165, 1.54) is 6.92 Å². The second-order valence-electron chi connectivity index (χ2n) is 4.00. The summed E-state index contributed by atoms with van der Waals surface area (Å²) in [5, 5.41) is 10.8. The fourth-order valence-electron chi connectivity index (χ4n) is 1.70. The molecule has 0 fully saturated rings. The van der Waals surface area contributed by atoms with Gasteiger partial charge in [-0.15, -0.1) is 10.2 Å². The second kappa shape index (κ2) is 4.75. The molecule has 0 aliphatic heterocycles. The van der Waals surface area contributed by atoms with E-state index in [1.54, 1.807) is 11.3 Å². The van der Waals surface area contributed by atoms with Gasteiger partial charge in [0, 0.05) is 6.20 Å². The van der Waals surface area contributed by atoms with Crippen molar-refractivity contribution in [2.45, 2.75) is 32.4 Å². The molecule has 2 atom stereocenters. The number of pyridine rings is 1. The van der Waals surface area contributed by atoms with Crippen LogP contribution in [-0.2, 0) is 0 Å². The molecule has 0 bridgehead atoms. The predicted molar refractivity (Wildman–Crippen MR) is 60.0 cm³/mol. The summed E-state index contributed by atoms with van der Waals surface area (Å²) in [6.07, 6.45) is -0.577. The van der Waals surface area contributed by atoms with E-state index >= 15 is 0 Å². The molecule has 1 N–H and O–H groups in total. The molecule has 0 saturated heterocycles. The van der Waals surface area contributed by atoms with E-state index in [-0.39, 0.29) is 6.04 Å². The van der Waals surface area contributed by atoms with Crippen LogP contribution in [0.4, 0.5) is 8.78 Å². The first-order valence-corrected chi connectivity index (χ1v) is 5.43. The maximum Gasteiger partial charge on any atom is 0.253 e. The van der Waals surface area contributed by atoms with E-state index in [2.05, 4.69) is 15.5 Å². The van der Waals surface area contributed by atoms with Gasteiger partial charge < -0.3 is 0 Å². The minimum absolute atomic E-state index is 0.281. The van der Waals surface area contributed by atoms with Crippen LogP contribution >= 0.6 is 0 Å². The van der Waals surface area contributed by atoms with E-state index in [0.717, 1.165) is 0 Å². The minimum Gasteiger partial charge on any atom is -0.300 e. The first-order valence-electron chi connectivity index (χ1n) is 5.43. The summed E-state index contributed by atoms with van der Waals surface area (Å²) in [6.45, 7) is 3.24. The average molecular weight is 240 g/mol. The fourth-order valence-corrected chi connectivity index (χ4v) is 1.70. The Balaban J connectivity index is 2.22. The van der Waals surface area contributed by atoms with Crippen molar-refractivity contribution in [1.82, 2.24) is 19.9 Å². The van der Waals surface area contributed by atoms with Crippen LogP contribution < -0.4 is 5.32 Å². The molecule has 2 heterocycles. The van der Waals surface area contributed by atoms with Crippen molar-refractivity contribution in [3.8, 4) is 0 Å². The third kappa shape index (κ3) is 2.41. The molecule has 17 heavy (non-hydrogen) atoms. The number of nitrogens with zero attached hydrogens (tertiary/aromatic N) is 3. The van der Waals surface area contributed by atoms with E-state index in [4.69, 9.17) is 0 Å². The molecule has 6 heteroatoms. The van der Waals surface area contributed by atoms with Crippen LogP contribution in [-0.4, -0.2) is 27.1 Å². The van der Waals surface area contributed by atoms with Gasteiger partial charge in [-0.05, 0) is 26.0 Å². The summed E-state index contributed by atoms with van der Waals surface area (Å²) in [4.78, 5) is 0. The number of fused-ring (bicyclic) bond motifs is 1. The topological polar surface area (TPSA) is 42.2 Å². The zero-order valence-corrected chi connectivity index (χ0v) is 9.64. The highest BCUT2D eigenvalue weighted by atomic mass is 19.3. The van der Waals surface area contributed by atoms with E-state index < -0.39 is 12.5 Å². The standard InChI is InChI=1S/C11H14F2N4/c1-7(10(12)13)14-8(2)11-16-15-9-5-3-4-6-17(9)11/h3-8,10,14H,1-2H3. The van der Waals surface area contributed by atoms with Gasteiger partial charge in [0.2, 0.25) is 0 Å². The maximum atomic E-state index is 12.4. The molecule has 2 aromatic rings. The number of hydrogen-bond donors (Lipinski definition) is 1. The Bertz CT molecular complexity index is 497. The van der Waals surface area contributed by atoms with Crippen molar-refractivity contribution in [3.05, 3.63) is 30.2 Å². The summed E-state index contributed by atoms with van der Waals surface area (Å²) in [5.41, 5.74) is 0.709. The van der Waals surface area contributed by atoms with Gasteiger partial charge >= 0.3 is 0 Å². The van der Waals surface area contributed by atoms with E-state index in [9.17, 15) is 8.78 Å². The molecular formula is C11H14F2N4. The molecule has 4 nitrogen and oxygen atoms in total. The third-order valence-corrected chi connectivity index (χ3v) is 2.62. The summed E-state index contributed by atoms with van der Waals surface area (Å²) < 4.78 is 26.7. The lowest BCUT2D eigenvalue weighted by Gasteiger charge is -2.17. The molecule has 2 aromatic heterocycles.